The van der Waals surface area contributed by atoms with Gasteiger partial charge in [-0.1, -0.05) is 18.2 Å². The summed E-state index contributed by atoms with van der Waals surface area (Å²) in [4.78, 5) is 4.39. The quantitative estimate of drug-likeness (QED) is 0.431. The van der Waals surface area contributed by atoms with E-state index in [2.05, 4.69) is 20.9 Å². The predicted octanol–water partition coefficient (Wildman–Crippen LogP) is 3.64. The van der Waals surface area contributed by atoms with Crippen molar-refractivity contribution >= 4 is 59.4 Å². The van der Waals surface area contributed by atoms with Gasteiger partial charge in [-0.25, -0.2) is 17.4 Å². The lowest BCUT2D eigenvalue weighted by molar-refractivity contribution is 0.588. The number of halogens is 2. The Morgan fingerprint density at radius 3 is 2.55 bits per heavy atom. The van der Waals surface area contributed by atoms with Crippen LogP contribution in [0, 0.1) is 3.70 Å². The first-order valence-corrected chi connectivity index (χ1v) is 8.94. The van der Waals surface area contributed by atoms with E-state index >= 15 is 0 Å². The molecule has 0 unspecified atom stereocenters. The van der Waals surface area contributed by atoms with E-state index in [0.717, 1.165) is 5.39 Å². The van der Waals surface area contributed by atoms with Gasteiger partial charge in [0, 0.05) is 11.6 Å². The molecule has 2 heterocycles. The molecule has 102 valence electrons. The van der Waals surface area contributed by atoms with Crippen molar-refractivity contribution in [2.45, 2.75) is 4.90 Å². The molecule has 0 atom stereocenters. The van der Waals surface area contributed by atoms with Gasteiger partial charge in [0.05, 0.1) is 14.1 Å². The summed E-state index contributed by atoms with van der Waals surface area (Å²) >= 11 is 5.30. The van der Waals surface area contributed by atoms with Crippen molar-refractivity contribution in [3.05, 3.63) is 57.0 Å². The third-order valence-electron chi connectivity index (χ3n) is 2.85. The molecule has 0 fully saturated rings. The summed E-state index contributed by atoms with van der Waals surface area (Å²) in [7, 11) is -3.61. The van der Waals surface area contributed by atoms with Crippen LogP contribution in [0.25, 0.3) is 10.9 Å². The summed E-state index contributed by atoms with van der Waals surface area (Å²) in [5.74, 6) is 0. The second-order valence-corrected chi connectivity index (χ2v) is 7.82. The van der Waals surface area contributed by atoms with Crippen molar-refractivity contribution in [2.75, 3.05) is 0 Å². The van der Waals surface area contributed by atoms with E-state index in [4.69, 9.17) is 0 Å². The Bertz CT molecular complexity index is 891. The number of aromatic nitrogens is 2. The third-order valence-corrected chi connectivity index (χ3v) is 6.14. The molecule has 20 heavy (non-hydrogen) atoms. The van der Waals surface area contributed by atoms with Crippen LogP contribution >= 0.6 is 38.5 Å². The van der Waals surface area contributed by atoms with Crippen molar-refractivity contribution < 1.29 is 8.42 Å². The van der Waals surface area contributed by atoms with Gasteiger partial charge in [-0.3, -0.25) is 0 Å². The van der Waals surface area contributed by atoms with Crippen LogP contribution in [0.5, 0.6) is 0 Å². The first-order chi connectivity index (χ1) is 9.50. The Labute approximate surface area is 138 Å². The van der Waals surface area contributed by atoms with Gasteiger partial charge in [0.1, 0.15) is 4.60 Å². The van der Waals surface area contributed by atoms with Crippen LogP contribution in [0.3, 0.4) is 0 Å². The second kappa shape index (κ2) is 5.12. The molecule has 0 spiro atoms. The summed E-state index contributed by atoms with van der Waals surface area (Å²) in [6.07, 6.45) is 1.65. The number of hydrogen-bond acceptors (Lipinski definition) is 3. The van der Waals surface area contributed by atoms with Gasteiger partial charge in [0.25, 0.3) is 10.0 Å². The van der Waals surface area contributed by atoms with E-state index < -0.39 is 10.0 Å². The lowest BCUT2D eigenvalue weighted by Crippen LogP contribution is -2.14. The number of pyridine rings is 1. The highest BCUT2D eigenvalue weighted by Gasteiger charge is 2.22. The molecule has 2 aromatic heterocycles. The number of nitrogens with zero attached hydrogens (tertiary/aromatic N) is 2. The van der Waals surface area contributed by atoms with Gasteiger partial charge < -0.3 is 0 Å². The predicted molar refractivity (Wildman–Crippen MR) is 89.2 cm³/mol. The number of hydrogen-bond donors (Lipinski definition) is 0. The van der Waals surface area contributed by atoms with Gasteiger partial charge in [-0.2, -0.15) is 0 Å². The highest BCUT2D eigenvalue weighted by molar-refractivity contribution is 14.1. The molecular formula is C13H8BrIN2O2S. The lowest BCUT2D eigenvalue weighted by atomic mass is 10.3. The molecule has 3 rings (SSSR count). The third kappa shape index (κ3) is 2.27. The topological polar surface area (TPSA) is 52.0 Å². The Kier molecular flexibility index (Phi) is 3.59. The molecule has 0 radical (unpaired) electrons. The molecule has 0 aliphatic rings. The second-order valence-electron chi connectivity index (χ2n) is 4.12. The van der Waals surface area contributed by atoms with E-state index in [1.54, 1.807) is 48.7 Å². The maximum absolute atomic E-state index is 12.8. The van der Waals surface area contributed by atoms with Crippen molar-refractivity contribution in [3.63, 3.8) is 0 Å². The fourth-order valence-corrected chi connectivity index (χ4v) is 5.07. The van der Waals surface area contributed by atoms with E-state index in [9.17, 15) is 8.42 Å². The first kappa shape index (κ1) is 14.0. The van der Waals surface area contributed by atoms with E-state index in [1.165, 1.54) is 3.97 Å². The summed E-state index contributed by atoms with van der Waals surface area (Å²) in [6.45, 7) is 0. The van der Waals surface area contributed by atoms with Crippen LogP contribution in [-0.2, 0) is 10.0 Å². The van der Waals surface area contributed by atoms with Crippen LogP contribution in [0.1, 0.15) is 0 Å². The Morgan fingerprint density at radius 2 is 1.85 bits per heavy atom. The van der Waals surface area contributed by atoms with Gasteiger partial charge in [-0.15, -0.1) is 0 Å². The zero-order valence-corrected chi connectivity index (χ0v) is 14.6. The van der Waals surface area contributed by atoms with Crippen LogP contribution in [0.4, 0.5) is 0 Å². The van der Waals surface area contributed by atoms with Crippen LogP contribution in [0.2, 0.25) is 0 Å². The molecule has 0 aliphatic heterocycles. The highest BCUT2D eigenvalue weighted by atomic mass is 127. The Morgan fingerprint density at radius 1 is 1.15 bits per heavy atom. The van der Waals surface area contributed by atoms with Crippen LogP contribution in [-0.4, -0.2) is 17.4 Å². The number of fused-ring (bicyclic) bond motifs is 1. The SMILES string of the molecule is O=S(=O)(c1ccccc1)n1c(I)cc2cnc(Br)cc21. The summed E-state index contributed by atoms with van der Waals surface area (Å²) < 4.78 is 28.1. The summed E-state index contributed by atoms with van der Waals surface area (Å²) in [5, 5.41) is 0.789. The monoisotopic (exact) mass is 462 g/mol. The summed E-state index contributed by atoms with van der Waals surface area (Å²) in [5.41, 5.74) is 0.611. The maximum Gasteiger partial charge on any atom is 0.269 e. The maximum atomic E-state index is 12.8. The minimum Gasteiger partial charge on any atom is -0.249 e. The zero-order valence-electron chi connectivity index (χ0n) is 9.99. The van der Waals surface area contributed by atoms with Gasteiger partial charge in [0.15, 0.2) is 0 Å². The zero-order chi connectivity index (χ0) is 14.3. The average Bonchev–Trinajstić information content (AvgIpc) is 2.75. The normalized spacial score (nSPS) is 11.9. The van der Waals surface area contributed by atoms with Crippen LogP contribution < -0.4 is 0 Å². The standard InChI is InChI=1S/C13H8BrIN2O2S/c14-12-7-11-9(8-16-12)6-13(15)17(11)20(18,19)10-4-2-1-3-5-10/h1-8H. The average molecular weight is 463 g/mol. The molecule has 0 aliphatic carbocycles. The highest BCUT2D eigenvalue weighted by Crippen LogP contribution is 2.27. The summed E-state index contributed by atoms with van der Waals surface area (Å²) in [6, 6.07) is 11.9. The van der Waals surface area contributed by atoms with Gasteiger partial charge >= 0.3 is 0 Å². The van der Waals surface area contributed by atoms with Crippen molar-refractivity contribution in [2.24, 2.45) is 0 Å². The van der Waals surface area contributed by atoms with Crippen molar-refractivity contribution in [3.8, 4) is 0 Å². The molecule has 4 nitrogen and oxygen atoms in total. The van der Waals surface area contributed by atoms with Gasteiger partial charge in [0.2, 0.25) is 0 Å². The fourth-order valence-electron chi connectivity index (χ4n) is 1.96. The molecule has 1 aromatic carbocycles. The molecule has 0 N–H and O–H groups in total. The number of benzene rings is 1. The Balaban J connectivity index is 2.35. The molecule has 0 bridgehead atoms. The van der Waals surface area contributed by atoms with E-state index in [-0.39, 0.29) is 4.90 Å². The van der Waals surface area contributed by atoms with E-state index in [0.29, 0.717) is 13.8 Å². The van der Waals surface area contributed by atoms with E-state index in [1.807, 2.05) is 22.6 Å². The van der Waals surface area contributed by atoms with Gasteiger partial charge in [-0.05, 0) is 62.8 Å². The fraction of sp³-hybridized carbons (Fsp3) is 0. The Hall–Kier alpha value is -0.930. The van der Waals surface area contributed by atoms with Crippen LogP contribution in [0.15, 0.2) is 58.2 Å². The number of rotatable bonds is 2. The largest absolute Gasteiger partial charge is 0.269 e. The molecular weight excluding hydrogens is 455 g/mol. The van der Waals surface area contributed by atoms with Crippen molar-refractivity contribution in [1.82, 2.24) is 8.96 Å². The first-order valence-electron chi connectivity index (χ1n) is 5.63. The minimum atomic E-state index is -3.61. The molecule has 0 saturated carbocycles. The smallest absolute Gasteiger partial charge is 0.249 e. The molecule has 0 saturated heterocycles. The molecule has 0 amide bonds. The molecule has 3 aromatic rings. The lowest BCUT2D eigenvalue weighted by Gasteiger charge is -2.09. The minimum absolute atomic E-state index is 0.267. The molecule has 7 heteroatoms. The van der Waals surface area contributed by atoms with Crippen molar-refractivity contribution in [1.29, 1.82) is 0 Å².